The van der Waals surface area contributed by atoms with Crippen molar-refractivity contribution in [3.05, 3.63) is 34.9 Å². The first kappa shape index (κ1) is 13.6. The van der Waals surface area contributed by atoms with Crippen molar-refractivity contribution in [3.8, 4) is 0 Å². The standard InChI is InChI=1S/C17H27N/c1-13-7-6-8-14(2)17(13)12-16(18-3)11-15-9-4-5-10-15/h6-8,15-16,18H,4-5,9-12H2,1-3H3. The molecule has 100 valence electrons. The minimum Gasteiger partial charge on any atom is -0.317 e. The molecule has 2 rings (SSSR count). The van der Waals surface area contributed by atoms with Crippen molar-refractivity contribution in [1.82, 2.24) is 5.32 Å². The zero-order chi connectivity index (χ0) is 13.0. The highest BCUT2D eigenvalue weighted by Gasteiger charge is 2.20. The molecule has 18 heavy (non-hydrogen) atoms. The number of hydrogen-bond acceptors (Lipinski definition) is 1. The highest BCUT2D eigenvalue weighted by molar-refractivity contribution is 5.34. The second-order valence-corrected chi connectivity index (χ2v) is 5.95. The number of nitrogens with one attached hydrogen (secondary N) is 1. The summed E-state index contributed by atoms with van der Waals surface area (Å²) >= 11 is 0. The van der Waals surface area contributed by atoms with Gasteiger partial charge in [-0.3, -0.25) is 0 Å². The van der Waals surface area contributed by atoms with Crippen LogP contribution in [0.25, 0.3) is 0 Å². The smallest absolute Gasteiger partial charge is 0.0107 e. The Morgan fingerprint density at radius 2 is 1.78 bits per heavy atom. The fourth-order valence-corrected chi connectivity index (χ4v) is 3.37. The van der Waals surface area contributed by atoms with Gasteiger partial charge in [0.15, 0.2) is 0 Å². The van der Waals surface area contributed by atoms with E-state index in [0.717, 1.165) is 5.92 Å². The molecule has 0 aromatic heterocycles. The van der Waals surface area contributed by atoms with Gasteiger partial charge in [-0.15, -0.1) is 0 Å². The van der Waals surface area contributed by atoms with E-state index in [0.29, 0.717) is 6.04 Å². The van der Waals surface area contributed by atoms with Crippen LogP contribution in [0, 0.1) is 19.8 Å². The second kappa shape index (κ2) is 6.38. The van der Waals surface area contributed by atoms with Gasteiger partial charge in [0.2, 0.25) is 0 Å². The quantitative estimate of drug-likeness (QED) is 0.826. The maximum atomic E-state index is 3.53. The molecule has 1 aromatic rings. The van der Waals surface area contributed by atoms with Crippen molar-refractivity contribution in [2.75, 3.05) is 7.05 Å². The van der Waals surface area contributed by atoms with Crippen molar-refractivity contribution in [1.29, 1.82) is 0 Å². The predicted molar refractivity (Wildman–Crippen MR) is 79.0 cm³/mol. The molecular weight excluding hydrogens is 218 g/mol. The maximum absolute atomic E-state index is 3.53. The Morgan fingerprint density at radius 1 is 1.17 bits per heavy atom. The van der Waals surface area contributed by atoms with Crippen LogP contribution in [0.3, 0.4) is 0 Å². The van der Waals surface area contributed by atoms with E-state index in [9.17, 15) is 0 Å². The van der Waals surface area contributed by atoms with E-state index in [1.807, 2.05) is 0 Å². The predicted octanol–water partition coefficient (Wildman–Crippen LogP) is 4.01. The van der Waals surface area contributed by atoms with Crippen molar-refractivity contribution in [2.24, 2.45) is 5.92 Å². The van der Waals surface area contributed by atoms with Crippen LogP contribution in [0.5, 0.6) is 0 Å². The summed E-state index contributed by atoms with van der Waals surface area (Å²) in [4.78, 5) is 0. The van der Waals surface area contributed by atoms with Crippen LogP contribution in [0.2, 0.25) is 0 Å². The van der Waals surface area contributed by atoms with E-state index in [1.54, 1.807) is 5.56 Å². The van der Waals surface area contributed by atoms with E-state index >= 15 is 0 Å². The molecule has 1 saturated carbocycles. The highest BCUT2D eigenvalue weighted by Crippen LogP contribution is 2.29. The van der Waals surface area contributed by atoms with Crippen molar-refractivity contribution in [3.63, 3.8) is 0 Å². The Labute approximate surface area is 112 Å². The molecule has 1 nitrogen and oxygen atoms in total. The molecule has 0 radical (unpaired) electrons. The summed E-state index contributed by atoms with van der Waals surface area (Å²) in [6.07, 6.45) is 8.33. The minimum atomic E-state index is 0.646. The van der Waals surface area contributed by atoms with Crippen molar-refractivity contribution in [2.45, 2.75) is 58.4 Å². The minimum absolute atomic E-state index is 0.646. The van der Waals surface area contributed by atoms with Gasteiger partial charge in [-0.25, -0.2) is 0 Å². The van der Waals surface area contributed by atoms with Crippen LogP contribution in [0.15, 0.2) is 18.2 Å². The Balaban J connectivity index is 2.00. The van der Waals surface area contributed by atoms with Gasteiger partial charge in [0.1, 0.15) is 0 Å². The molecule has 0 aliphatic heterocycles. The fourth-order valence-electron chi connectivity index (χ4n) is 3.37. The molecule has 1 N–H and O–H groups in total. The average molecular weight is 245 g/mol. The fraction of sp³-hybridized carbons (Fsp3) is 0.647. The average Bonchev–Trinajstić information content (AvgIpc) is 2.85. The van der Waals surface area contributed by atoms with Crippen LogP contribution in [0.1, 0.15) is 48.8 Å². The normalized spacial score (nSPS) is 18.2. The monoisotopic (exact) mass is 245 g/mol. The van der Waals surface area contributed by atoms with Gasteiger partial charge in [-0.1, -0.05) is 43.9 Å². The lowest BCUT2D eigenvalue weighted by Gasteiger charge is -2.22. The van der Waals surface area contributed by atoms with Gasteiger partial charge in [-0.05, 0) is 56.3 Å². The zero-order valence-corrected chi connectivity index (χ0v) is 12.1. The van der Waals surface area contributed by atoms with Crippen LogP contribution >= 0.6 is 0 Å². The molecule has 0 heterocycles. The van der Waals surface area contributed by atoms with Crippen LogP contribution in [-0.4, -0.2) is 13.1 Å². The molecule has 1 heteroatoms. The summed E-state index contributed by atoms with van der Waals surface area (Å²) in [7, 11) is 2.12. The highest BCUT2D eigenvalue weighted by atomic mass is 14.9. The van der Waals surface area contributed by atoms with E-state index in [4.69, 9.17) is 0 Å². The Bertz CT molecular complexity index is 357. The first-order valence-electron chi connectivity index (χ1n) is 7.43. The van der Waals surface area contributed by atoms with Crippen LogP contribution in [0.4, 0.5) is 0 Å². The lowest BCUT2D eigenvalue weighted by Crippen LogP contribution is -2.30. The Morgan fingerprint density at radius 3 is 2.33 bits per heavy atom. The third-order valence-corrected chi connectivity index (χ3v) is 4.60. The molecule has 1 aromatic carbocycles. The topological polar surface area (TPSA) is 12.0 Å². The third kappa shape index (κ3) is 3.35. The van der Waals surface area contributed by atoms with E-state index < -0.39 is 0 Å². The molecule has 1 unspecified atom stereocenters. The van der Waals surface area contributed by atoms with Crippen molar-refractivity contribution >= 4 is 0 Å². The summed E-state index contributed by atoms with van der Waals surface area (Å²) < 4.78 is 0. The number of likely N-dealkylation sites (N-methyl/N-ethyl adjacent to an activating group) is 1. The number of hydrogen-bond donors (Lipinski definition) is 1. The van der Waals surface area contributed by atoms with Gasteiger partial charge >= 0.3 is 0 Å². The van der Waals surface area contributed by atoms with Gasteiger partial charge in [-0.2, -0.15) is 0 Å². The summed E-state index contributed by atoms with van der Waals surface area (Å²) in [5.41, 5.74) is 4.44. The van der Waals surface area contributed by atoms with Gasteiger partial charge < -0.3 is 5.32 Å². The van der Waals surface area contributed by atoms with E-state index in [-0.39, 0.29) is 0 Å². The maximum Gasteiger partial charge on any atom is 0.0107 e. The number of benzene rings is 1. The largest absolute Gasteiger partial charge is 0.317 e. The number of rotatable bonds is 5. The van der Waals surface area contributed by atoms with Crippen LogP contribution < -0.4 is 5.32 Å². The Hall–Kier alpha value is -0.820. The van der Waals surface area contributed by atoms with E-state index in [1.165, 1.54) is 49.7 Å². The molecule has 0 amide bonds. The first-order valence-corrected chi connectivity index (χ1v) is 7.43. The summed E-state index contributed by atoms with van der Waals surface area (Å²) in [6.45, 7) is 4.48. The summed E-state index contributed by atoms with van der Waals surface area (Å²) in [5, 5.41) is 3.53. The first-order chi connectivity index (χ1) is 8.70. The molecule has 1 aliphatic carbocycles. The lowest BCUT2D eigenvalue weighted by atomic mass is 9.90. The molecular formula is C17H27N. The van der Waals surface area contributed by atoms with E-state index in [2.05, 4.69) is 44.4 Å². The summed E-state index contributed by atoms with van der Waals surface area (Å²) in [5.74, 6) is 0.965. The number of aryl methyl sites for hydroxylation is 2. The van der Waals surface area contributed by atoms with Crippen LogP contribution in [-0.2, 0) is 6.42 Å². The summed E-state index contributed by atoms with van der Waals surface area (Å²) in [6, 6.07) is 7.29. The zero-order valence-electron chi connectivity index (χ0n) is 12.1. The molecule has 0 spiro atoms. The molecule has 0 saturated heterocycles. The molecule has 0 bridgehead atoms. The molecule has 1 fully saturated rings. The molecule has 1 atom stereocenters. The van der Waals surface area contributed by atoms with Crippen molar-refractivity contribution < 1.29 is 0 Å². The Kier molecular flexibility index (Phi) is 4.82. The van der Waals surface area contributed by atoms with Gasteiger partial charge in [0.25, 0.3) is 0 Å². The third-order valence-electron chi connectivity index (χ3n) is 4.60. The van der Waals surface area contributed by atoms with Gasteiger partial charge in [0.05, 0.1) is 0 Å². The molecule has 1 aliphatic rings. The second-order valence-electron chi connectivity index (χ2n) is 5.95. The lowest BCUT2D eigenvalue weighted by molar-refractivity contribution is 0.402. The SMILES string of the molecule is CNC(Cc1c(C)cccc1C)CC1CCCC1. The van der Waals surface area contributed by atoms with Gasteiger partial charge in [0, 0.05) is 6.04 Å².